The van der Waals surface area contributed by atoms with Gasteiger partial charge in [0.1, 0.15) is 0 Å². The van der Waals surface area contributed by atoms with Crippen molar-refractivity contribution < 1.29 is 9.47 Å². The van der Waals surface area contributed by atoms with Gasteiger partial charge in [0.2, 0.25) is 0 Å². The van der Waals surface area contributed by atoms with E-state index in [2.05, 4.69) is 18.7 Å². The van der Waals surface area contributed by atoms with Crippen LogP contribution in [0.5, 0.6) is 0 Å². The highest BCUT2D eigenvalue weighted by atomic mass is 16.7. The Morgan fingerprint density at radius 3 is 2.80 bits per heavy atom. The van der Waals surface area contributed by atoms with E-state index < -0.39 is 0 Å². The first kappa shape index (κ1) is 11.3. The molecule has 2 aliphatic heterocycles. The van der Waals surface area contributed by atoms with Crippen LogP contribution in [0, 0.1) is 5.92 Å². The Bertz CT molecular complexity index is 211. The van der Waals surface area contributed by atoms with Crippen LogP contribution in [-0.2, 0) is 9.47 Å². The summed E-state index contributed by atoms with van der Waals surface area (Å²) in [5.41, 5.74) is 5.55. The fourth-order valence-electron chi connectivity index (χ4n) is 2.35. The second-order valence-electron chi connectivity index (χ2n) is 4.83. The summed E-state index contributed by atoms with van der Waals surface area (Å²) in [7, 11) is 0. The van der Waals surface area contributed by atoms with E-state index in [4.69, 9.17) is 15.2 Å². The van der Waals surface area contributed by atoms with Crippen molar-refractivity contribution in [3.8, 4) is 0 Å². The third kappa shape index (κ3) is 2.50. The van der Waals surface area contributed by atoms with Crippen LogP contribution in [0.15, 0.2) is 0 Å². The minimum Gasteiger partial charge on any atom is -0.350 e. The van der Waals surface area contributed by atoms with E-state index in [1.165, 1.54) is 13.0 Å². The molecule has 0 aliphatic carbocycles. The lowest BCUT2D eigenvalue weighted by Crippen LogP contribution is -2.31. The molecule has 0 amide bonds. The van der Waals surface area contributed by atoms with Crippen LogP contribution >= 0.6 is 0 Å². The normalized spacial score (nSPS) is 38.0. The third-order valence-electron chi connectivity index (χ3n) is 3.41. The van der Waals surface area contributed by atoms with Gasteiger partial charge in [0.25, 0.3) is 0 Å². The van der Waals surface area contributed by atoms with Crippen molar-refractivity contribution in [2.45, 2.75) is 38.7 Å². The molecule has 0 aromatic heterocycles. The van der Waals surface area contributed by atoms with Crippen molar-refractivity contribution >= 4 is 0 Å². The summed E-state index contributed by atoms with van der Waals surface area (Å²) < 4.78 is 11.4. The van der Waals surface area contributed by atoms with Gasteiger partial charge >= 0.3 is 0 Å². The highest BCUT2D eigenvalue weighted by molar-refractivity contribution is 4.82. The van der Waals surface area contributed by atoms with Crippen LogP contribution in [0.1, 0.15) is 20.3 Å². The van der Waals surface area contributed by atoms with E-state index in [0.717, 1.165) is 6.54 Å². The molecule has 2 fully saturated rings. The van der Waals surface area contributed by atoms with Crippen molar-refractivity contribution in [1.82, 2.24) is 4.90 Å². The van der Waals surface area contributed by atoms with Gasteiger partial charge in [-0.2, -0.15) is 0 Å². The zero-order valence-electron chi connectivity index (χ0n) is 9.69. The number of hydrogen-bond donors (Lipinski definition) is 1. The van der Waals surface area contributed by atoms with Gasteiger partial charge in [-0.15, -0.1) is 0 Å². The Labute approximate surface area is 91.7 Å². The molecule has 0 spiro atoms. The van der Waals surface area contributed by atoms with Gasteiger partial charge in [-0.25, -0.2) is 0 Å². The van der Waals surface area contributed by atoms with E-state index in [0.29, 0.717) is 25.1 Å². The van der Waals surface area contributed by atoms with Crippen LogP contribution in [0.3, 0.4) is 0 Å². The Hall–Kier alpha value is -0.160. The predicted octanol–water partition coefficient (Wildman–Crippen LogP) is 0.417. The maximum absolute atomic E-state index is 5.75. The van der Waals surface area contributed by atoms with Gasteiger partial charge in [-0.05, 0) is 26.8 Å². The number of likely N-dealkylation sites (tertiary alicyclic amines) is 1. The van der Waals surface area contributed by atoms with E-state index in [-0.39, 0.29) is 12.4 Å². The SMILES string of the molecule is CC(C)N1CCC(C2OCC(CN)O2)C1. The summed E-state index contributed by atoms with van der Waals surface area (Å²) in [4.78, 5) is 2.48. The molecule has 88 valence electrons. The number of rotatable bonds is 3. The van der Waals surface area contributed by atoms with Crippen LogP contribution in [0.4, 0.5) is 0 Å². The summed E-state index contributed by atoms with van der Waals surface area (Å²) in [6.07, 6.45) is 1.28. The van der Waals surface area contributed by atoms with E-state index in [1.54, 1.807) is 0 Å². The second-order valence-corrected chi connectivity index (χ2v) is 4.83. The van der Waals surface area contributed by atoms with Crippen LogP contribution < -0.4 is 5.73 Å². The van der Waals surface area contributed by atoms with Crippen molar-refractivity contribution in [2.75, 3.05) is 26.2 Å². The first-order chi connectivity index (χ1) is 7.20. The molecular weight excluding hydrogens is 192 g/mol. The summed E-state index contributed by atoms with van der Waals surface area (Å²) in [5, 5.41) is 0. The smallest absolute Gasteiger partial charge is 0.162 e. The lowest BCUT2D eigenvalue weighted by Gasteiger charge is -2.22. The average molecular weight is 214 g/mol. The van der Waals surface area contributed by atoms with Crippen LogP contribution in [-0.4, -0.2) is 49.6 Å². The molecule has 3 unspecified atom stereocenters. The summed E-state index contributed by atoms with van der Waals surface area (Å²) in [5.74, 6) is 0.531. The Morgan fingerprint density at radius 2 is 2.27 bits per heavy atom. The fraction of sp³-hybridized carbons (Fsp3) is 1.00. The zero-order chi connectivity index (χ0) is 10.8. The lowest BCUT2D eigenvalue weighted by atomic mass is 10.1. The molecule has 2 heterocycles. The van der Waals surface area contributed by atoms with E-state index in [1.807, 2.05) is 0 Å². The number of ether oxygens (including phenoxy) is 2. The molecule has 15 heavy (non-hydrogen) atoms. The maximum Gasteiger partial charge on any atom is 0.162 e. The van der Waals surface area contributed by atoms with Crippen molar-refractivity contribution in [3.63, 3.8) is 0 Å². The maximum atomic E-state index is 5.75. The highest BCUT2D eigenvalue weighted by Crippen LogP contribution is 2.27. The van der Waals surface area contributed by atoms with Crippen LogP contribution in [0.2, 0.25) is 0 Å². The standard InChI is InChI=1S/C11H22N2O2/c1-8(2)13-4-3-9(6-13)11-14-7-10(5-12)15-11/h8-11H,3-7,12H2,1-2H3. The molecule has 2 aliphatic rings. The number of nitrogens with zero attached hydrogens (tertiary/aromatic N) is 1. The number of hydrogen-bond acceptors (Lipinski definition) is 4. The molecule has 0 radical (unpaired) electrons. The van der Waals surface area contributed by atoms with E-state index >= 15 is 0 Å². The average Bonchev–Trinajstić information content (AvgIpc) is 2.86. The van der Waals surface area contributed by atoms with Crippen molar-refractivity contribution in [2.24, 2.45) is 11.7 Å². The molecule has 0 aromatic carbocycles. The van der Waals surface area contributed by atoms with Crippen molar-refractivity contribution in [1.29, 1.82) is 0 Å². The molecule has 3 atom stereocenters. The minimum absolute atomic E-state index is 0.0118. The fourth-order valence-corrected chi connectivity index (χ4v) is 2.35. The second kappa shape index (κ2) is 4.78. The molecular formula is C11H22N2O2. The zero-order valence-corrected chi connectivity index (χ0v) is 9.69. The molecule has 4 heteroatoms. The summed E-state index contributed by atoms with van der Waals surface area (Å²) in [6.45, 7) is 7.97. The first-order valence-corrected chi connectivity index (χ1v) is 5.92. The molecule has 0 aromatic rings. The minimum atomic E-state index is -0.0118. The predicted molar refractivity (Wildman–Crippen MR) is 58.5 cm³/mol. The largest absolute Gasteiger partial charge is 0.350 e. The summed E-state index contributed by atoms with van der Waals surface area (Å²) in [6, 6.07) is 0.627. The van der Waals surface area contributed by atoms with Gasteiger partial charge in [0.15, 0.2) is 6.29 Å². The molecule has 2 rings (SSSR count). The van der Waals surface area contributed by atoms with Gasteiger partial charge < -0.3 is 20.1 Å². The molecule has 2 N–H and O–H groups in total. The summed E-state index contributed by atoms with van der Waals surface area (Å²) >= 11 is 0. The first-order valence-electron chi connectivity index (χ1n) is 5.92. The highest BCUT2D eigenvalue weighted by Gasteiger charge is 2.36. The van der Waals surface area contributed by atoms with Crippen LogP contribution in [0.25, 0.3) is 0 Å². The van der Waals surface area contributed by atoms with Gasteiger partial charge in [-0.1, -0.05) is 0 Å². The molecule has 4 nitrogen and oxygen atoms in total. The quantitative estimate of drug-likeness (QED) is 0.739. The van der Waals surface area contributed by atoms with Crippen molar-refractivity contribution in [3.05, 3.63) is 0 Å². The van der Waals surface area contributed by atoms with Gasteiger partial charge in [0.05, 0.1) is 12.7 Å². The Morgan fingerprint density at radius 1 is 1.47 bits per heavy atom. The molecule has 0 bridgehead atoms. The molecule has 2 saturated heterocycles. The third-order valence-corrected chi connectivity index (χ3v) is 3.41. The monoisotopic (exact) mass is 214 g/mol. The Kier molecular flexibility index (Phi) is 3.61. The Balaban J connectivity index is 1.81. The van der Waals surface area contributed by atoms with Gasteiger partial charge in [0, 0.05) is 25.0 Å². The topological polar surface area (TPSA) is 47.7 Å². The lowest BCUT2D eigenvalue weighted by molar-refractivity contribution is -0.0923. The van der Waals surface area contributed by atoms with Gasteiger partial charge in [-0.3, -0.25) is 0 Å². The molecule has 0 saturated carbocycles. The van der Waals surface area contributed by atoms with E-state index in [9.17, 15) is 0 Å². The number of nitrogens with two attached hydrogens (primary N) is 1.